The van der Waals surface area contributed by atoms with Gasteiger partial charge in [0.05, 0.1) is 11.6 Å². The van der Waals surface area contributed by atoms with Gasteiger partial charge in [0.1, 0.15) is 5.82 Å². The van der Waals surface area contributed by atoms with E-state index in [9.17, 15) is 0 Å². The summed E-state index contributed by atoms with van der Waals surface area (Å²) in [4.78, 5) is 9.41. The van der Waals surface area contributed by atoms with Crippen LogP contribution < -0.4 is 5.32 Å². The zero-order valence-corrected chi connectivity index (χ0v) is 12.7. The molecule has 1 aromatic carbocycles. The molecule has 1 unspecified atom stereocenters. The van der Waals surface area contributed by atoms with Gasteiger partial charge in [0.2, 0.25) is 0 Å². The highest BCUT2D eigenvalue weighted by Gasteiger charge is 2.23. The van der Waals surface area contributed by atoms with Crippen LogP contribution in [0.3, 0.4) is 0 Å². The van der Waals surface area contributed by atoms with Crippen LogP contribution in [0.4, 0.5) is 5.82 Å². The molecule has 2 aromatic rings. The predicted molar refractivity (Wildman–Crippen MR) is 85.9 cm³/mol. The van der Waals surface area contributed by atoms with Crippen LogP contribution in [0.15, 0.2) is 29.4 Å². The lowest BCUT2D eigenvalue weighted by molar-refractivity contribution is 0.129. The minimum Gasteiger partial charge on any atom is -0.377 e. The second-order valence-electron chi connectivity index (χ2n) is 5.74. The van der Waals surface area contributed by atoms with Gasteiger partial charge in [-0.25, -0.2) is 9.97 Å². The average Bonchev–Trinajstić information content (AvgIpc) is 3.17. The molecule has 4 rings (SSSR count). The smallest absolute Gasteiger partial charge is 0.190 e. The van der Waals surface area contributed by atoms with E-state index in [0.717, 1.165) is 40.7 Å². The average molecular weight is 301 g/mol. The quantitative estimate of drug-likeness (QED) is 0.677. The highest BCUT2D eigenvalue weighted by atomic mass is 32.2. The van der Waals surface area contributed by atoms with Crippen molar-refractivity contribution in [2.45, 2.75) is 43.0 Å². The van der Waals surface area contributed by atoms with Gasteiger partial charge in [0.15, 0.2) is 5.16 Å². The number of ether oxygens (including phenoxy) is 1. The summed E-state index contributed by atoms with van der Waals surface area (Å²) >= 11 is 1.71. The number of nitrogens with one attached hydrogen (secondary N) is 1. The van der Waals surface area contributed by atoms with Crippen LogP contribution in [0.5, 0.6) is 0 Å². The van der Waals surface area contributed by atoms with Crippen molar-refractivity contribution < 1.29 is 4.74 Å². The molecule has 2 heterocycles. The molecule has 4 nitrogen and oxygen atoms in total. The molecule has 0 radical (unpaired) electrons. The Balaban J connectivity index is 1.58. The van der Waals surface area contributed by atoms with Gasteiger partial charge in [-0.05, 0) is 37.8 Å². The van der Waals surface area contributed by atoms with Crippen molar-refractivity contribution in [1.29, 1.82) is 0 Å². The molecule has 1 aliphatic carbocycles. The Kier molecular flexibility index (Phi) is 3.69. The van der Waals surface area contributed by atoms with Gasteiger partial charge < -0.3 is 10.1 Å². The lowest BCUT2D eigenvalue weighted by Gasteiger charge is -2.11. The zero-order chi connectivity index (χ0) is 14.1. The molecule has 2 aliphatic rings. The van der Waals surface area contributed by atoms with Gasteiger partial charge in [-0.15, -0.1) is 0 Å². The number of hydrogen-bond donors (Lipinski definition) is 1. The van der Waals surface area contributed by atoms with Crippen LogP contribution in [0.25, 0.3) is 10.9 Å². The van der Waals surface area contributed by atoms with Crippen LogP contribution in [-0.2, 0) is 4.74 Å². The van der Waals surface area contributed by atoms with Crippen LogP contribution in [0.2, 0.25) is 0 Å². The number of fused-ring (bicyclic) bond motifs is 1. The number of thioether (sulfide) groups is 1. The fourth-order valence-corrected chi connectivity index (χ4v) is 3.51. The van der Waals surface area contributed by atoms with Crippen LogP contribution >= 0.6 is 11.8 Å². The van der Waals surface area contributed by atoms with Gasteiger partial charge in [-0.2, -0.15) is 0 Å². The van der Waals surface area contributed by atoms with E-state index in [4.69, 9.17) is 9.72 Å². The van der Waals surface area contributed by atoms with Gasteiger partial charge >= 0.3 is 0 Å². The van der Waals surface area contributed by atoms with Crippen LogP contribution in [0.1, 0.15) is 25.7 Å². The molecule has 0 amide bonds. The molecule has 1 atom stereocenters. The molecule has 110 valence electrons. The van der Waals surface area contributed by atoms with Crippen LogP contribution in [-0.4, -0.2) is 34.5 Å². The number of para-hydroxylation sites is 1. The Morgan fingerprint density at radius 1 is 1.19 bits per heavy atom. The third-order valence-electron chi connectivity index (χ3n) is 3.92. The first-order valence-electron chi connectivity index (χ1n) is 7.66. The summed E-state index contributed by atoms with van der Waals surface area (Å²) in [5.74, 6) is 1.93. The monoisotopic (exact) mass is 301 g/mol. The first-order chi connectivity index (χ1) is 10.4. The third kappa shape index (κ3) is 3.14. The van der Waals surface area contributed by atoms with Crippen molar-refractivity contribution in [3.05, 3.63) is 24.3 Å². The number of benzene rings is 1. The maximum absolute atomic E-state index is 5.67. The summed E-state index contributed by atoms with van der Waals surface area (Å²) in [5, 5.41) is 5.50. The molecular weight excluding hydrogens is 282 g/mol. The van der Waals surface area contributed by atoms with Gasteiger partial charge in [0, 0.05) is 23.8 Å². The number of rotatable bonds is 5. The third-order valence-corrected chi connectivity index (χ3v) is 4.90. The topological polar surface area (TPSA) is 47.0 Å². The normalized spacial score (nSPS) is 21.8. The number of hydrogen-bond acceptors (Lipinski definition) is 5. The van der Waals surface area contributed by atoms with Crippen molar-refractivity contribution in [2.75, 3.05) is 17.7 Å². The minimum atomic E-state index is 0.366. The minimum absolute atomic E-state index is 0.366. The molecule has 5 heteroatoms. The van der Waals surface area contributed by atoms with E-state index in [1.807, 2.05) is 12.1 Å². The van der Waals surface area contributed by atoms with E-state index < -0.39 is 0 Å². The Morgan fingerprint density at radius 3 is 2.90 bits per heavy atom. The summed E-state index contributed by atoms with van der Waals surface area (Å²) < 4.78 is 5.67. The van der Waals surface area contributed by atoms with Crippen molar-refractivity contribution in [1.82, 2.24) is 9.97 Å². The van der Waals surface area contributed by atoms with Gasteiger partial charge in [0.25, 0.3) is 0 Å². The first kappa shape index (κ1) is 13.3. The largest absolute Gasteiger partial charge is 0.377 e. The Labute approximate surface area is 128 Å². The molecule has 2 fully saturated rings. The molecule has 1 saturated heterocycles. The maximum atomic E-state index is 5.67. The summed E-state index contributed by atoms with van der Waals surface area (Å²) in [6.45, 7) is 0.901. The number of aromatic nitrogens is 2. The Bertz CT molecular complexity index is 638. The molecular formula is C16H19N3OS. The van der Waals surface area contributed by atoms with Gasteiger partial charge in [-0.1, -0.05) is 23.9 Å². The van der Waals surface area contributed by atoms with Crippen molar-refractivity contribution >= 4 is 28.5 Å². The Hall–Kier alpha value is -1.33. The fourth-order valence-electron chi connectivity index (χ4n) is 2.59. The molecule has 0 spiro atoms. The van der Waals surface area contributed by atoms with E-state index in [1.165, 1.54) is 19.3 Å². The molecule has 1 aromatic heterocycles. The van der Waals surface area contributed by atoms with E-state index >= 15 is 0 Å². The fraction of sp³-hybridized carbons (Fsp3) is 0.500. The standard InChI is InChI=1S/C16H19N3OS/c1-2-6-14-13(5-1)15(17-11-7-8-11)19-16(18-14)21-10-12-4-3-9-20-12/h1-2,5-6,11-12H,3-4,7-10H2,(H,17,18,19). The van der Waals surface area contributed by atoms with E-state index in [2.05, 4.69) is 22.4 Å². The van der Waals surface area contributed by atoms with Crippen LogP contribution in [0, 0.1) is 0 Å². The molecule has 0 bridgehead atoms. The number of nitrogens with zero attached hydrogens (tertiary/aromatic N) is 2. The predicted octanol–water partition coefficient (Wildman–Crippen LogP) is 3.48. The summed E-state index contributed by atoms with van der Waals surface area (Å²) in [5.41, 5.74) is 1.02. The SMILES string of the molecule is c1ccc2c(NC3CC3)nc(SCC3CCCO3)nc2c1. The maximum Gasteiger partial charge on any atom is 0.190 e. The lowest BCUT2D eigenvalue weighted by Crippen LogP contribution is -2.09. The summed E-state index contributed by atoms with van der Waals surface area (Å²) in [7, 11) is 0. The lowest BCUT2D eigenvalue weighted by atomic mass is 10.2. The van der Waals surface area contributed by atoms with Gasteiger partial charge in [-0.3, -0.25) is 0 Å². The highest BCUT2D eigenvalue weighted by molar-refractivity contribution is 7.99. The second kappa shape index (κ2) is 5.81. The first-order valence-corrected chi connectivity index (χ1v) is 8.65. The second-order valence-corrected chi connectivity index (χ2v) is 6.72. The molecule has 1 aliphatic heterocycles. The molecule has 1 N–H and O–H groups in total. The zero-order valence-electron chi connectivity index (χ0n) is 11.9. The van der Waals surface area contributed by atoms with Crippen molar-refractivity contribution in [3.63, 3.8) is 0 Å². The van der Waals surface area contributed by atoms with E-state index in [-0.39, 0.29) is 0 Å². The van der Waals surface area contributed by atoms with Crippen molar-refractivity contribution in [2.24, 2.45) is 0 Å². The number of anilines is 1. The Morgan fingerprint density at radius 2 is 2.10 bits per heavy atom. The summed E-state index contributed by atoms with van der Waals surface area (Å²) in [6.07, 6.45) is 5.20. The summed E-state index contributed by atoms with van der Waals surface area (Å²) in [6, 6.07) is 8.83. The van der Waals surface area contributed by atoms with Crippen molar-refractivity contribution in [3.8, 4) is 0 Å². The van der Waals surface area contributed by atoms with E-state index in [1.54, 1.807) is 11.8 Å². The highest BCUT2D eigenvalue weighted by Crippen LogP contribution is 2.30. The molecule has 1 saturated carbocycles. The molecule has 21 heavy (non-hydrogen) atoms. The van der Waals surface area contributed by atoms with E-state index in [0.29, 0.717) is 12.1 Å².